The van der Waals surface area contributed by atoms with Crippen molar-refractivity contribution in [2.75, 3.05) is 5.32 Å². The summed E-state index contributed by atoms with van der Waals surface area (Å²) in [4.78, 5) is 13.2. The summed E-state index contributed by atoms with van der Waals surface area (Å²) in [6, 6.07) is 14.2. The van der Waals surface area contributed by atoms with Gasteiger partial charge in [-0.1, -0.05) is 6.07 Å². The summed E-state index contributed by atoms with van der Waals surface area (Å²) in [6.07, 6.45) is 3.51. The average molecular weight is 358 g/mol. The number of hydrogen-bond donors (Lipinski definition) is 1. The van der Waals surface area contributed by atoms with Gasteiger partial charge in [0.25, 0.3) is 0 Å². The van der Waals surface area contributed by atoms with Gasteiger partial charge in [-0.25, -0.2) is 15.0 Å². The van der Waals surface area contributed by atoms with Crippen molar-refractivity contribution in [3.63, 3.8) is 0 Å². The largest absolute Gasteiger partial charge is 0.340 e. The fourth-order valence-electron chi connectivity index (χ4n) is 2.96. The standard InChI is InChI=1S/C19H14N6S/c1-25-7-6-15(24-25)12-2-4-14-16(8-12)20-10-21-19(14)23-13-3-5-18-17(9-13)22-11-26-18/h2-11H,1H3,(H,20,21,23). The zero-order valence-electron chi connectivity index (χ0n) is 13.9. The van der Waals surface area contributed by atoms with Crippen molar-refractivity contribution in [3.8, 4) is 11.3 Å². The van der Waals surface area contributed by atoms with E-state index in [9.17, 15) is 0 Å². The van der Waals surface area contributed by atoms with Crippen molar-refractivity contribution in [2.45, 2.75) is 0 Å². The Morgan fingerprint density at radius 1 is 0.962 bits per heavy atom. The number of thiazole rings is 1. The van der Waals surface area contributed by atoms with Crippen LogP contribution in [0.25, 0.3) is 32.4 Å². The molecule has 5 rings (SSSR count). The van der Waals surface area contributed by atoms with Gasteiger partial charge >= 0.3 is 0 Å². The van der Waals surface area contributed by atoms with E-state index in [0.29, 0.717) is 0 Å². The predicted octanol–water partition coefficient (Wildman–Crippen LogP) is 4.38. The van der Waals surface area contributed by atoms with Crippen LogP contribution in [0.5, 0.6) is 0 Å². The summed E-state index contributed by atoms with van der Waals surface area (Å²) >= 11 is 1.63. The van der Waals surface area contributed by atoms with Crippen molar-refractivity contribution in [1.82, 2.24) is 24.7 Å². The minimum atomic E-state index is 0.775. The molecular weight excluding hydrogens is 344 g/mol. The molecule has 7 heteroatoms. The Bertz CT molecular complexity index is 1240. The quantitative estimate of drug-likeness (QED) is 0.518. The highest BCUT2D eigenvalue weighted by atomic mass is 32.1. The molecule has 0 fully saturated rings. The molecule has 26 heavy (non-hydrogen) atoms. The van der Waals surface area contributed by atoms with E-state index in [1.165, 1.54) is 4.70 Å². The second-order valence-corrected chi connectivity index (χ2v) is 6.88. The van der Waals surface area contributed by atoms with Gasteiger partial charge in [0.05, 0.1) is 26.9 Å². The Kier molecular flexibility index (Phi) is 3.39. The first kappa shape index (κ1) is 15.0. The van der Waals surface area contributed by atoms with Gasteiger partial charge < -0.3 is 5.32 Å². The zero-order valence-corrected chi connectivity index (χ0v) is 14.7. The number of benzene rings is 2. The Hall–Kier alpha value is -3.32. The minimum absolute atomic E-state index is 0.775. The molecule has 126 valence electrons. The van der Waals surface area contributed by atoms with Crippen LogP contribution in [0.1, 0.15) is 0 Å². The van der Waals surface area contributed by atoms with Gasteiger partial charge in [-0.15, -0.1) is 11.3 Å². The third kappa shape index (κ3) is 2.58. The molecule has 6 nitrogen and oxygen atoms in total. The van der Waals surface area contributed by atoms with Crippen LogP contribution in [0, 0.1) is 0 Å². The van der Waals surface area contributed by atoms with Crippen molar-refractivity contribution in [2.24, 2.45) is 7.05 Å². The van der Waals surface area contributed by atoms with Crippen LogP contribution < -0.4 is 5.32 Å². The zero-order chi connectivity index (χ0) is 17.5. The van der Waals surface area contributed by atoms with Crippen molar-refractivity contribution < 1.29 is 0 Å². The molecule has 0 saturated heterocycles. The summed E-state index contributed by atoms with van der Waals surface area (Å²) in [5.74, 6) is 0.775. The number of nitrogens with zero attached hydrogens (tertiary/aromatic N) is 5. The lowest BCUT2D eigenvalue weighted by Gasteiger charge is -2.09. The molecule has 3 heterocycles. The molecule has 5 aromatic rings. The molecule has 0 amide bonds. The molecule has 0 aliphatic heterocycles. The second-order valence-electron chi connectivity index (χ2n) is 5.99. The number of fused-ring (bicyclic) bond motifs is 2. The minimum Gasteiger partial charge on any atom is -0.340 e. The van der Waals surface area contributed by atoms with Crippen LogP contribution in [0.2, 0.25) is 0 Å². The molecule has 0 spiro atoms. The molecule has 0 aliphatic carbocycles. The van der Waals surface area contributed by atoms with E-state index in [2.05, 4.69) is 31.4 Å². The summed E-state index contributed by atoms with van der Waals surface area (Å²) in [5, 5.41) is 8.80. The summed E-state index contributed by atoms with van der Waals surface area (Å²) in [5.41, 5.74) is 6.63. The molecule has 0 radical (unpaired) electrons. The van der Waals surface area contributed by atoms with Gasteiger partial charge in [-0.2, -0.15) is 5.10 Å². The van der Waals surface area contributed by atoms with Crippen molar-refractivity contribution in [3.05, 3.63) is 60.5 Å². The first-order chi connectivity index (χ1) is 12.8. The van der Waals surface area contributed by atoms with E-state index < -0.39 is 0 Å². The van der Waals surface area contributed by atoms with Gasteiger partial charge in [0.2, 0.25) is 0 Å². The maximum absolute atomic E-state index is 4.45. The Morgan fingerprint density at radius 2 is 1.92 bits per heavy atom. The normalized spacial score (nSPS) is 11.3. The van der Waals surface area contributed by atoms with Crippen molar-refractivity contribution >= 4 is 44.0 Å². The lowest BCUT2D eigenvalue weighted by Crippen LogP contribution is -1.96. The van der Waals surface area contributed by atoms with Crippen LogP contribution in [-0.2, 0) is 7.05 Å². The topological polar surface area (TPSA) is 68.5 Å². The lowest BCUT2D eigenvalue weighted by molar-refractivity contribution is 0.771. The predicted molar refractivity (Wildman–Crippen MR) is 105 cm³/mol. The van der Waals surface area contributed by atoms with E-state index in [-0.39, 0.29) is 0 Å². The Morgan fingerprint density at radius 3 is 2.81 bits per heavy atom. The highest BCUT2D eigenvalue weighted by molar-refractivity contribution is 7.16. The summed E-state index contributed by atoms with van der Waals surface area (Å²) < 4.78 is 2.96. The molecular formula is C19H14N6S. The van der Waals surface area contributed by atoms with E-state index >= 15 is 0 Å². The van der Waals surface area contributed by atoms with Gasteiger partial charge in [0.1, 0.15) is 12.1 Å². The number of rotatable bonds is 3. The van der Waals surface area contributed by atoms with Gasteiger partial charge in [-0.3, -0.25) is 4.68 Å². The van der Waals surface area contributed by atoms with Crippen molar-refractivity contribution in [1.29, 1.82) is 0 Å². The highest BCUT2D eigenvalue weighted by Crippen LogP contribution is 2.28. The number of hydrogen-bond acceptors (Lipinski definition) is 6. The molecule has 0 atom stereocenters. The number of nitrogens with one attached hydrogen (secondary N) is 1. The monoisotopic (exact) mass is 358 g/mol. The average Bonchev–Trinajstić information content (AvgIpc) is 3.30. The highest BCUT2D eigenvalue weighted by Gasteiger charge is 2.08. The van der Waals surface area contributed by atoms with E-state index in [0.717, 1.165) is 39.2 Å². The second kappa shape index (κ2) is 5.89. The smallest absolute Gasteiger partial charge is 0.141 e. The van der Waals surface area contributed by atoms with Gasteiger partial charge in [0.15, 0.2) is 0 Å². The molecule has 3 aromatic heterocycles. The van der Waals surface area contributed by atoms with Crippen LogP contribution >= 0.6 is 11.3 Å². The maximum atomic E-state index is 4.45. The fourth-order valence-corrected chi connectivity index (χ4v) is 3.62. The molecule has 1 N–H and O–H groups in total. The number of anilines is 2. The van der Waals surface area contributed by atoms with Crippen LogP contribution in [0.15, 0.2) is 60.5 Å². The number of aryl methyl sites for hydroxylation is 1. The first-order valence-electron chi connectivity index (χ1n) is 8.11. The van der Waals surface area contributed by atoms with Crippen LogP contribution in [-0.4, -0.2) is 24.7 Å². The molecule has 0 bridgehead atoms. The van der Waals surface area contributed by atoms with E-state index in [1.54, 1.807) is 22.3 Å². The van der Waals surface area contributed by atoms with Crippen LogP contribution in [0.4, 0.5) is 11.5 Å². The fraction of sp³-hybridized carbons (Fsp3) is 0.0526. The number of aromatic nitrogens is 5. The lowest BCUT2D eigenvalue weighted by atomic mass is 10.1. The molecule has 0 aliphatic rings. The SMILES string of the molecule is Cn1ccc(-c2ccc3c(Nc4ccc5scnc5c4)ncnc3c2)n1. The van der Waals surface area contributed by atoms with Gasteiger partial charge in [0, 0.05) is 29.9 Å². The molecule has 0 saturated carbocycles. The summed E-state index contributed by atoms with van der Waals surface area (Å²) in [6.45, 7) is 0. The molecule has 2 aromatic carbocycles. The Labute approximate surface area is 153 Å². The van der Waals surface area contributed by atoms with Gasteiger partial charge in [-0.05, 0) is 36.4 Å². The Balaban J connectivity index is 1.55. The third-order valence-electron chi connectivity index (χ3n) is 4.24. The third-order valence-corrected chi connectivity index (χ3v) is 5.05. The maximum Gasteiger partial charge on any atom is 0.141 e. The first-order valence-corrected chi connectivity index (χ1v) is 8.99. The van der Waals surface area contributed by atoms with Crippen LogP contribution in [0.3, 0.4) is 0 Å². The molecule has 0 unspecified atom stereocenters. The van der Waals surface area contributed by atoms with E-state index in [1.807, 2.05) is 55.2 Å². The van der Waals surface area contributed by atoms with E-state index in [4.69, 9.17) is 0 Å². The summed E-state index contributed by atoms with van der Waals surface area (Å²) in [7, 11) is 1.91.